The first-order valence-electron chi connectivity index (χ1n) is 6.50. The highest BCUT2D eigenvalue weighted by atomic mass is 16.5. The number of amides is 1. The summed E-state index contributed by atoms with van der Waals surface area (Å²) in [7, 11) is 1.34. The van der Waals surface area contributed by atoms with Gasteiger partial charge in [0.1, 0.15) is 0 Å². The van der Waals surface area contributed by atoms with Gasteiger partial charge in [-0.15, -0.1) is 0 Å². The molecule has 2 aromatic rings. The van der Waals surface area contributed by atoms with E-state index in [9.17, 15) is 9.59 Å². The average molecular weight is 287 g/mol. The molecule has 0 aliphatic heterocycles. The van der Waals surface area contributed by atoms with Gasteiger partial charge in [-0.05, 0) is 31.5 Å². The number of carbonyl (C=O) groups excluding carboxylic acids is 2. The fraction of sp³-hybridized carbons (Fsp3) is 0.267. The first kappa shape index (κ1) is 14.8. The van der Waals surface area contributed by atoms with Crippen molar-refractivity contribution in [1.29, 1.82) is 0 Å². The van der Waals surface area contributed by atoms with E-state index in [1.807, 2.05) is 0 Å². The molecule has 21 heavy (non-hydrogen) atoms. The maximum atomic E-state index is 12.1. The number of methoxy groups -OCH3 is 1. The molecule has 0 aliphatic rings. The second kappa shape index (κ2) is 6.21. The molecule has 2 rings (SSSR count). The summed E-state index contributed by atoms with van der Waals surface area (Å²) < 4.78 is 4.63. The Labute approximate surface area is 122 Å². The number of benzene rings is 1. The summed E-state index contributed by atoms with van der Waals surface area (Å²) in [6.07, 6.45) is 0. The second-order valence-electron chi connectivity index (χ2n) is 4.68. The van der Waals surface area contributed by atoms with E-state index in [1.165, 1.54) is 7.11 Å². The molecule has 0 aliphatic carbocycles. The molecule has 0 unspecified atom stereocenters. The van der Waals surface area contributed by atoms with Crippen LogP contribution < -0.4 is 5.32 Å². The summed E-state index contributed by atoms with van der Waals surface area (Å²) >= 11 is 0. The van der Waals surface area contributed by atoms with Gasteiger partial charge in [-0.2, -0.15) is 5.10 Å². The molecule has 0 atom stereocenters. The number of nitrogens with one attached hydrogen (secondary N) is 2. The highest BCUT2D eigenvalue weighted by Gasteiger charge is 2.14. The summed E-state index contributed by atoms with van der Waals surface area (Å²) in [6, 6.07) is 6.90. The zero-order chi connectivity index (χ0) is 15.4. The van der Waals surface area contributed by atoms with Gasteiger partial charge in [0.05, 0.1) is 23.9 Å². The number of hydrogen-bond acceptors (Lipinski definition) is 4. The van der Waals surface area contributed by atoms with Crippen molar-refractivity contribution in [2.24, 2.45) is 0 Å². The predicted molar refractivity (Wildman–Crippen MR) is 77.0 cm³/mol. The molecule has 0 fully saturated rings. The maximum absolute atomic E-state index is 12.1. The first-order valence-corrected chi connectivity index (χ1v) is 6.50. The molecule has 110 valence electrons. The minimum atomic E-state index is -0.379. The van der Waals surface area contributed by atoms with E-state index >= 15 is 0 Å². The highest BCUT2D eigenvalue weighted by Crippen LogP contribution is 2.10. The van der Waals surface area contributed by atoms with Crippen LogP contribution in [0.3, 0.4) is 0 Å². The Morgan fingerprint density at radius 1 is 1.24 bits per heavy atom. The van der Waals surface area contributed by atoms with E-state index in [1.54, 1.807) is 38.1 Å². The molecule has 1 amide bonds. The monoisotopic (exact) mass is 287 g/mol. The third-order valence-electron chi connectivity index (χ3n) is 3.18. The van der Waals surface area contributed by atoms with E-state index in [0.717, 1.165) is 11.3 Å². The smallest absolute Gasteiger partial charge is 0.337 e. The SMILES string of the molecule is COC(=O)c1ccc(CNC(=O)c2c(C)n[nH]c2C)cc1. The average Bonchev–Trinajstić information content (AvgIpc) is 2.83. The Hall–Kier alpha value is -2.63. The lowest BCUT2D eigenvalue weighted by molar-refractivity contribution is 0.0600. The van der Waals surface area contributed by atoms with Crippen molar-refractivity contribution in [3.05, 3.63) is 52.3 Å². The summed E-state index contributed by atoms with van der Waals surface area (Å²) in [6.45, 7) is 3.97. The number of H-pyrrole nitrogens is 1. The Morgan fingerprint density at radius 2 is 1.90 bits per heavy atom. The van der Waals surface area contributed by atoms with Crippen molar-refractivity contribution in [3.8, 4) is 0 Å². The van der Waals surface area contributed by atoms with Crippen molar-refractivity contribution in [1.82, 2.24) is 15.5 Å². The number of carbonyl (C=O) groups is 2. The third kappa shape index (κ3) is 3.28. The summed E-state index contributed by atoms with van der Waals surface area (Å²) in [4.78, 5) is 23.4. The minimum Gasteiger partial charge on any atom is -0.465 e. The van der Waals surface area contributed by atoms with E-state index in [4.69, 9.17) is 0 Å². The second-order valence-corrected chi connectivity index (χ2v) is 4.68. The van der Waals surface area contributed by atoms with Crippen LogP contribution >= 0.6 is 0 Å². The van der Waals surface area contributed by atoms with Crippen molar-refractivity contribution >= 4 is 11.9 Å². The van der Waals surface area contributed by atoms with Gasteiger partial charge in [0, 0.05) is 12.2 Å². The highest BCUT2D eigenvalue weighted by molar-refractivity contribution is 5.96. The predicted octanol–water partition coefficient (Wildman–Crippen LogP) is 1.74. The maximum Gasteiger partial charge on any atom is 0.337 e. The van der Waals surface area contributed by atoms with Crippen LogP contribution in [0.4, 0.5) is 0 Å². The van der Waals surface area contributed by atoms with Gasteiger partial charge in [-0.3, -0.25) is 9.89 Å². The van der Waals surface area contributed by atoms with Gasteiger partial charge in [0.2, 0.25) is 0 Å². The quantitative estimate of drug-likeness (QED) is 0.839. The van der Waals surface area contributed by atoms with Crippen molar-refractivity contribution in [3.63, 3.8) is 0 Å². The number of aryl methyl sites for hydroxylation is 2. The molecular weight excluding hydrogens is 270 g/mol. The minimum absolute atomic E-state index is 0.171. The third-order valence-corrected chi connectivity index (χ3v) is 3.18. The van der Waals surface area contributed by atoms with Crippen LogP contribution in [0, 0.1) is 13.8 Å². The number of rotatable bonds is 4. The largest absolute Gasteiger partial charge is 0.465 e. The Morgan fingerprint density at radius 3 is 2.43 bits per heavy atom. The Kier molecular flexibility index (Phi) is 4.37. The lowest BCUT2D eigenvalue weighted by atomic mass is 10.1. The fourth-order valence-corrected chi connectivity index (χ4v) is 2.03. The van der Waals surface area contributed by atoms with Crippen LogP contribution in [0.1, 0.15) is 37.7 Å². The molecule has 0 bridgehead atoms. The number of aromatic nitrogens is 2. The number of esters is 1. The van der Waals surface area contributed by atoms with E-state index < -0.39 is 0 Å². The van der Waals surface area contributed by atoms with Gasteiger partial charge in [-0.1, -0.05) is 12.1 Å². The molecular formula is C15H17N3O3. The normalized spacial score (nSPS) is 10.2. The van der Waals surface area contributed by atoms with E-state index in [-0.39, 0.29) is 11.9 Å². The van der Waals surface area contributed by atoms with Crippen LogP contribution in [0.5, 0.6) is 0 Å². The topological polar surface area (TPSA) is 84.1 Å². The molecule has 1 aromatic carbocycles. The van der Waals surface area contributed by atoms with Crippen molar-refractivity contribution in [2.75, 3.05) is 7.11 Å². The van der Waals surface area contributed by atoms with Gasteiger partial charge >= 0.3 is 5.97 Å². The lowest BCUT2D eigenvalue weighted by Crippen LogP contribution is -2.23. The molecule has 2 N–H and O–H groups in total. The Balaban J connectivity index is 2.00. The molecule has 1 aromatic heterocycles. The molecule has 0 saturated heterocycles. The fourth-order valence-electron chi connectivity index (χ4n) is 2.03. The molecule has 6 nitrogen and oxygen atoms in total. The Bertz CT molecular complexity index is 640. The molecule has 6 heteroatoms. The van der Waals surface area contributed by atoms with Gasteiger partial charge in [0.25, 0.3) is 5.91 Å². The lowest BCUT2D eigenvalue weighted by Gasteiger charge is -2.06. The number of nitrogens with zero attached hydrogens (tertiary/aromatic N) is 1. The van der Waals surface area contributed by atoms with Gasteiger partial charge in [0.15, 0.2) is 0 Å². The molecule has 0 saturated carbocycles. The first-order chi connectivity index (χ1) is 10.0. The van der Waals surface area contributed by atoms with Crippen LogP contribution in [-0.2, 0) is 11.3 Å². The molecule has 1 heterocycles. The molecule has 0 spiro atoms. The van der Waals surface area contributed by atoms with Crippen LogP contribution in [0.15, 0.2) is 24.3 Å². The van der Waals surface area contributed by atoms with Gasteiger partial charge < -0.3 is 10.1 Å². The van der Waals surface area contributed by atoms with E-state index in [0.29, 0.717) is 23.4 Å². The van der Waals surface area contributed by atoms with Crippen LogP contribution in [0.25, 0.3) is 0 Å². The van der Waals surface area contributed by atoms with Crippen LogP contribution in [-0.4, -0.2) is 29.2 Å². The van der Waals surface area contributed by atoms with Crippen molar-refractivity contribution in [2.45, 2.75) is 20.4 Å². The zero-order valence-corrected chi connectivity index (χ0v) is 12.2. The van der Waals surface area contributed by atoms with E-state index in [2.05, 4.69) is 20.3 Å². The standard InChI is InChI=1S/C15H17N3O3/c1-9-13(10(2)18-17-9)14(19)16-8-11-4-6-12(7-5-11)15(20)21-3/h4-7H,8H2,1-3H3,(H,16,19)(H,17,18). The number of hydrogen-bond donors (Lipinski definition) is 2. The van der Waals surface area contributed by atoms with Crippen molar-refractivity contribution < 1.29 is 14.3 Å². The summed E-state index contributed by atoms with van der Waals surface area (Å²) in [5.74, 6) is -0.550. The number of aromatic amines is 1. The summed E-state index contributed by atoms with van der Waals surface area (Å²) in [5.41, 5.74) is 3.36. The zero-order valence-electron chi connectivity index (χ0n) is 12.2. The van der Waals surface area contributed by atoms with Gasteiger partial charge in [-0.25, -0.2) is 4.79 Å². The molecule has 0 radical (unpaired) electrons. The number of ether oxygens (including phenoxy) is 1. The van der Waals surface area contributed by atoms with Crippen LogP contribution in [0.2, 0.25) is 0 Å². The summed E-state index contributed by atoms with van der Waals surface area (Å²) in [5, 5.41) is 9.61.